The highest BCUT2D eigenvalue weighted by Gasteiger charge is 2.21. The second kappa shape index (κ2) is 5.71. The van der Waals surface area contributed by atoms with Crippen LogP contribution in [0.4, 0.5) is 0 Å². The van der Waals surface area contributed by atoms with Crippen LogP contribution in [0.3, 0.4) is 0 Å². The van der Waals surface area contributed by atoms with Crippen molar-refractivity contribution < 1.29 is 0 Å². The van der Waals surface area contributed by atoms with Gasteiger partial charge in [-0.05, 0) is 18.1 Å². The van der Waals surface area contributed by atoms with E-state index in [9.17, 15) is 0 Å². The van der Waals surface area contributed by atoms with Crippen molar-refractivity contribution in [1.82, 2.24) is 20.6 Å². The summed E-state index contributed by atoms with van der Waals surface area (Å²) in [5.74, 6) is 0. The second-order valence-electron chi connectivity index (χ2n) is 5.08. The van der Waals surface area contributed by atoms with Gasteiger partial charge in [0.1, 0.15) is 0 Å². The van der Waals surface area contributed by atoms with Crippen molar-refractivity contribution in [3.05, 3.63) is 84.4 Å². The van der Waals surface area contributed by atoms with Crippen LogP contribution in [0.5, 0.6) is 0 Å². The lowest BCUT2D eigenvalue weighted by atomic mass is 10.0. The molecule has 0 bridgehead atoms. The van der Waals surface area contributed by atoms with Crippen LogP contribution in [-0.4, -0.2) is 16.0 Å². The monoisotopic (exact) mass is 278 g/mol. The molecule has 0 radical (unpaired) electrons. The summed E-state index contributed by atoms with van der Waals surface area (Å²) in [6.45, 7) is 8.21. The van der Waals surface area contributed by atoms with Gasteiger partial charge in [0.15, 0.2) is 0 Å². The summed E-state index contributed by atoms with van der Waals surface area (Å²) in [4.78, 5) is 7.05. The Morgan fingerprint density at radius 3 is 2.71 bits per heavy atom. The first-order valence-electron chi connectivity index (χ1n) is 6.88. The molecule has 2 heterocycles. The lowest BCUT2D eigenvalue weighted by Gasteiger charge is -2.32. The highest BCUT2D eigenvalue weighted by atomic mass is 15.1. The number of H-pyrrole nitrogens is 1. The smallest absolute Gasteiger partial charge is 0.0924 e. The molecule has 4 nitrogen and oxygen atoms in total. The topological polar surface area (TPSA) is 52.7 Å². The van der Waals surface area contributed by atoms with Gasteiger partial charge in [0.2, 0.25) is 0 Å². The van der Waals surface area contributed by atoms with Gasteiger partial charge in [-0.2, -0.15) is 0 Å². The van der Waals surface area contributed by atoms with E-state index in [1.807, 2.05) is 24.3 Å². The summed E-state index contributed by atoms with van der Waals surface area (Å²) in [5.41, 5.74) is 4.91. The molecule has 4 heteroatoms. The Hall–Kier alpha value is -2.75. The number of benzene rings is 1. The molecule has 1 aromatic heterocycles. The standard InChI is InChI=1S/C17H18N4/c1-12-16(8-14-6-4-3-5-7-14)20-13(2)17(21-12)9-15-10-18-11-19-15/h3-7,9-11,16,20-21H,1-2,8H2,(H,18,19)/b17-9-. The van der Waals surface area contributed by atoms with Gasteiger partial charge in [-0.1, -0.05) is 43.5 Å². The molecule has 1 unspecified atom stereocenters. The number of aromatic amines is 1. The molecular weight excluding hydrogens is 260 g/mol. The Morgan fingerprint density at radius 1 is 1.19 bits per heavy atom. The molecule has 106 valence electrons. The summed E-state index contributed by atoms with van der Waals surface area (Å²) in [5, 5.41) is 6.75. The first-order chi connectivity index (χ1) is 10.2. The van der Waals surface area contributed by atoms with Crippen molar-refractivity contribution in [3.8, 4) is 0 Å². The van der Waals surface area contributed by atoms with Crippen molar-refractivity contribution >= 4 is 6.08 Å². The van der Waals surface area contributed by atoms with Gasteiger partial charge in [-0.3, -0.25) is 0 Å². The molecule has 0 amide bonds. The normalized spacial score (nSPS) is 20.2. The van der Waals surface area contributed by atoms with Gasteiger partial charge in [0.25, 0.3) is 0 Å². The van der Waals surface area contributed by atoms with Crippen LogP contribution in [0.15, 0.2) is 73.1 Å². The van der Waals surface area contributed by atoms with E-state index < -0.39 is 0 Å². The van der Waals surface area contributed by atoms with Crippen molar-refractivity contribution in [1.29, 1.82) is 0 Å². The summed E-state index contributed by atoms with van der Waals surface area (Å²) in [7, 11) is 0. The number of hydrogen-bond donors (Lipinski definition) is 3. The third-order valence-electron chi connectivity index (χ3n) is 3.49. The zero-order valence-corrected chi connectivity index (χ0v) is 11.8. The minimum atomic E-state index is 0.138. The number of nitrogens with one attached hydrogen (secondary N) is 3. The molecular formula is C17H18N4. The third-order valence-corrected chi connectivity index (χ3v) is 3.49. The quantitative estimate of drug-likeness (QED) is 0.809. The maximum Gasteiger partial charge on any atom is 0.0924 e. The average Bonchev–Trinajstić information content (AvgIpc) is 2.98. The number of aromatic nitrogens is 2. The van der Waals surface area contributed by atoms with Crippen LogP contribution >= 0.6 is 0 Å². The maximum absolute atomic E-state index is 4.12. The van der Waals surface area contributed by atoms with E-state index in [0.29, 0.717) is 0 Å². The van der Waals surface area contributed by atoms with E-state index in [1.54, 1.807) is 12.5 Å². The molecule has 0 spiro atoms. The molecule has 21 heavy (non-hydrogen) atoms. The molecule has 1 saturated heterocycles. The molecule has 3 rings (SSSR count). The fraction of sp³-hybridized carbons (Fsp3) is 0.118. The first-order valence-corrected chi connectivity index (χ1v) is 6.88. The zero-order valence-electron chi connectivity index (χ0n) is 11.8. The molecule has 1 aliphatic rings. The molecule has 1 atom stereocenters. The Balaban J connectivity index is 1.73. The molecule has 1 aromatic carbocycles. The van der Waals surface area contributed by atoms with Gasteiger partial charge < -0.3 is 15.6 Å². The molecule has 0 aliphatic carbocycles. The molecule has 2 aromatic rings. The summed E-state index contributed by atoms with van der Waals surface area (Å²) < 4.78 is 0. The maximum atomic E-state index is 4.12. The van der Waals surface area contributed by atoms with Crippen molar-refractivity contribution in [2.75, 3.05) is 0 Å². The fourth-order valence-corrected chi connectivity index (χ4v) is 2.36. The zero-order chi connectivity index (χ0) is 14.7. The van der Waals surface area contributed by atoms with E-state index in [1.165, 1.54) is 5.56 Å². The number of imidazole rings is 1. The summed E-state index contributed by atoms with van der Waals surface area (Å²) in [6, 6.07) is 10.5. The van der Waals surface area contributed by atoms with Crippen LogP contribution in [0.1, 0.15) is 11.3 Å². The lowest BCUT2D eigenvalue weighted by molar-refractivity contribution is 0.572. The Kier molecular flexibility index (Phi) is 3.60. The van der Waals surface area contributed by atoms with Crippen molar-refractivity contribution in [2.24, 2.45) is 0 Å². The highest BCUT2D eigenvalue weighted by molar-refractivity contribution is 5.56. The van der Waals surface area contributed by atoms with E-state index in [2.05, 4.69) is 45.9 Å². The van der Waals surface area contributed by atoms with E-state index in [0.717, 1.165) is 29.2 Å². The summed E-state index contributed by atoms with van der Waals surface area (Å²) >= 11 is 0. The first kappa shape index (κ1) is 13.2. The Morgan fingerprint density at radius 2 is 2.00 bits per heavy atom. The van der Waals surface area contributed by atoms with Crippen LogP contribution < -0.4 is 10.6 Å². The number of nitrogens with zero attached hydrogens (tertiary/aromatic N) is 1. The SMILES string of the molecule is C=C1NC(Cc2ccccc2)C(=C)N/C1=C\c1cnc[nH]1. The highest BCUT2D eigenvalue weighted by Crippen LogP contribution is 2.19. The van der Waals surface area contributed by atoms with E-state index in [4.69, 9.17) is 0 Å². The van der Waals surface area contributed by atoms with Gasteiger partial charge in [-0.25, -0.2) is 4.98 Å². The fourth-order valence-electron chi connectivity index (χ4n) is 2.36. The molecule has 3 N–H and O–H groups in total. The number of piperazine rings is 1. The van der Waals surface area contributed by atoms with Crippen molar-refractivity contribution in [2.45, 2.75) is 12.5 Å². The van der Waals surface area contributed by atoms with Crippen molar-refractivity contribution in [3.63, 3.8) is 0 Å². The van der Waals surface area contributed by atoms with Gasteiger partial charge in [0, 0.05) is 5.70 Å². The van der Waals surface area contributed by atoms with Gasteiger partial charge in [-0.15, -0.1) is 0 Å². The molecule has 1 aliphatic heterocycles. The number of hydrogen-bond acceptors (Lipinski definition) is 3. The average molecular weight is 278 g/mol. The predicted octanol–water partition coefficient (Wildman–Crippen LogP) is 2.58. The lowest BCUT2D eigenvalue weighted by Crippen LogP contribution is -2.43. The third kappa shape index (κ3) is 3.05. The van der Waals surface area contributed by atoms with Crippen LogP contribution in [-0.2, 0) is 6.42 Å². The van der Waals surface area contributed by atoms with Gasteiger partial charge in [0.05, 0.1) is 35.7 Å². The van der Waals surface area contributed by atoms with Gasteiger partial charge >= 0.3 is 0 Å². The van der Waals surface area contributed by atoms with E-state index >= 15 is 0 Å². The van der Waals surface area contributed by atoms with E-state index in [-0.39, 0.29) is 6.04 Å². The van der Waals surface area contributed by atoms with Crippen LogP contribution in [0, 0.1) is 0 Å². The minimum Gasteiger partial charge on any atom is -0.375 e. The van der Waals surface area contributed by atoms with Crippen LogP contribution in [0.25, 0.3) is 6.08 Å². The second-order valence-corrected chi connectivity index (χ2v) is 5.08. The Labute approximate surface area is 124 Å². The predicted molar refractivity (Wildman–Crippen MR) is 85.1 cm³/mol. The van der Waals surface area contributed by atoms with Crippen LogP contribution in [0.2, 0.25) is 0 Å². The largest absolute Gasteiger partial charge is 0.375 e. The number of rotatable bonds is 3. The summed E-state index contributed by atoms with van der Waals surface area (Å²) in [6.07, 6.45) is 6.26. The molecule has 1 fully saturated rings. The minimum absolute atomic E-state index is 0.138. The Bertz CT molecular complexity index is 668. The molecule has 0 saturated carbocycles.